The number of carbonyl (C=O) groups excluding carboxylic acids is 1. The van der Waals surface area contributed by atoms with Crippen molar-refractivity contribution in [1.29, 1.82) is 0 Å². The molecule has 1 aliphatic heterocycles. The van der Waals surface area contributed by atoms with Gasteiger partial charge in [0.1, 0.15) is 5.82 Å². The summed E-state index contributed by atoms with van der Waals surface area (Å²) in [6.07, 6.45) is 1.67. The molecule has 104 valence electrons. The van der Waals surface area contributed by atoms with Crippen molar-refractivity contribution in [2.75, 3.05) is 38.5 Å². The Bertz CT molecular complexity index is 449. The molecule has 0 saturated carbocycles. The quantitative estimate of drug-likeness (QED) is 0.891. The van der Waals surface area contributed by atoms with E-state index in [1.54, 1.807) is 25.4 Å². The van der Waals surface area contributed by atoms with Crippen molar-refractivity contribution in [3.05, 3.63) is 23.9 Å². The van der Waals surface area contributed by atoms with Crippen molar-refractivity contribution in [2.45, 2.75) is 19.9 Å². The van der Waals surface area contributed by atoms with Crippen LogP contribution in [0.2, 0.25) is 0 Å². The summed E-state index contributed by atoms with van der Waals surface area (Å²) in [5.41, 5.74) is 0.705. The molecule has 0 radical (unpaired) electrons. The summed E-state index contributed by atoms with van der Waals surface area (Å²) in [6, 6.07) is 4.01. The average Bonchev–Trinajstić information content (AvgIpc) is 2.46. The third-order valence-electron chi connectivity index (χ3n) is 3.72. The zero-order valence-corrected chi connectivity index (χ0v) is 11.9. The number of likely N-dealkylation sites (N-methyl/N-ethyl adjacent to an activating group) is 1. The fraction of sp³-hybridized carbons (Fsp3) is 0.571. The van der Waals surface area contributed by atoms with Crippen molar-refractivity contribution in [2.24, 2.45) is 0 Å². The molecule has 19 heavy (non-hydrogen) atoms. The maximum Gasteiger partial charge on any atom is 0.254 e. The maximum atomic E-state index is 12.5. The number of aromatic nitrogens is 1. The number of rotatable bonds is 3. The Hall–Kier alpha value is -1.62. The third kappa shape index (κ3) is 3.04. The van der Waals surface area contributed by atoms with Crippen molar-refractivity contribution in [3.63, 3.8) is 0 Å². The van der Waals surface area contributed by atoms with Crippen LogP contribution in [0.5, 0.6) is 0 Å². The number of hydrogen-bond acceptors (Lipinski definition) is 4. The number of piperazine rings is 1. The molecule has 2 rings (SSSR count). The number of pyridine rings is 1. The minimum Gasteiger partial charge on any atom is -0.373 e. The topological polar surface area (TPSA) is 48.5 Å². The van der Waals surface area contributed by atoms with Crippen molar-refractivity contribution >= 4 is 11.7 Å². The number of anilines is 1. The first-order chi connectivity index (χ1) is 9.15. The van der Waals surface area contributed by atoms with Crippen LogP contribution in [0.15, 0.2) is 18.3 Å². The highest BCUT2D eigenvalue weighted by atomic mass is 16.2. The molecule has 0 spiro atoms. The minimum atomic E-state index is 0.0986. The monoisotopic (exact) mass is 262 g/mol. The molecule has 0 aliphatic carbocycles. The van der Waals surface area contributed by atoms with E-state index in [1.807, 2.05) is 4.90 Å². The second-order valence-corrected chi connectivity index (χ2v) is 4.91. The number of amides is 1. The molecule has 1 atom stereocenters. The molecular formula is C14H22N4O. The Morgan fingerprint density at radius 2 is 2.32 bits per heavy atom. The number of hydrogen-bond donors (Lipinski definition) is 1. The van der Waals surface area contributed by atoms with Gasteiger partial charge in [-0.15, -0.1) is 0 Å². The van der Waals surface area contributed by atoms with E-state index in [-0.39, 0.29) is 5.91 Å². The van der Waals surface area contributed by atoms with Gasteiger partial charge in [0.25, 0.3) is 5.91 Å². The van der Waals surface area contributed by atoms with Gasteiger partial charge in [-0.05, 0) is 25.6 Å². The van der Waals surface area contributed by atoms with Crippen LogP contribution in [0.1, 0.15) is 24.2 Å². The van der Waals surface area contributed by atoms with Crippen LogP contribution in [0, 0.1) is 0 Å². The van der Waals surface area contributed by atoms with Gasteiger partial charge in [-0.2, -0.15) is 0 Å². The highest BCUT2D eigenvalue weighted by Crippen LogP contribution is 2.14. The Balaban J connectivity index is 2.07. The van der Waals surface area contributed by atoms with Crippen molar-refractivity contribution in [1.82, 2.24) is 14.8 Å². The maximum absolute atomic E-state index is 12.5. The molecule has 1 N–H and O–H groups in total. The van der Waals surface area contributed by atoms with Gasteiger partial charge in [-0.1, -0.05) is 6.92 Å². The molecule has 0 aromatic carbocycles. The Kier molecular flexibility index (Phi) is 4.37. The summed E-state index contributed by atoms with van der Waals surface area (Å²) in [5.74, 6) is 0.826. The van der Waals surface area contributed by atoms with Gasteiger partial charge in [-0.3, -0.25) is 9.69 Å². The van der Waals surface area contributed by atoms with Crippen molar-refractivity contribution in [3.8, 4) is 0 Å². The van der Waals surface area contributed by atoms with E-state index in [0.29, 0.717) is 11.6 Å². The van der Waals surface area contributed by atoms with Crippen LogP contribution in [0.25, 0.3) is 0 Å². The van der Waals surface area contributed by atoms with Gasteiger partial charge < -0.3 is 10.2 Å². The lowest BCUT2D eigenvalue weighted by Gasteiger charge is -2.39. The molecule has 5 nitrogen and oxygen atoms in total. The fourth-order valence-corrected chi connectivity index (χ4v) is 2.53. The van der Waals surface area contributed by atoms with Crippen LogP contribution in [0.3, 0.4) is 0 Å². The van der Waals surface area contributed by atoms with Gasteiger partial charge in [0.05, 0.1) is 0 Å². The molecule has 1 aromatic rings. The lowest BCUT2D eigenvalue weighted by molar-refractivity contribution is 0.0528. The van der Waals surface area contributed by atoms with E-state index in [9.17, 15) is 4.79 Å². The molecule has 1 unspecified atom stereocenters. The predicted molar refractivity (Wildman–Crippen MR) is 76.4 cm³/mol. The highest BCUT2D eigenvalue weighted by Gasteiger charge is 2.26. The van der Waals surface area contributed by atoms with Gasteiger partial charge in [0.2, 0.25) is 0 Å². The Morgan fingerprint density at radius 1 is 1.53 bits per heavy atom. The molecular weight excluding hydrogens is 240 g/mol. The zero-order valence-electron chi connectivity index (χ0n) is 11.9. The van der Waals surface area contributed by atoms with Gasteiger partial charge in [0, 0.05) is 44.5 Å². The molecule has 1 fully saturated rings. The largest absolute Gasteiger partial charge is 0.373 e. The molecule has 1 saturated heterocycles. The summed E-state index contributed by atoms with van der Waals surface area (Å²) >= 11 is 0. The van der Waals surface area contributed by atoms with Crippen LogP contribution >= 0.6 is 0 Å². The molecule has 1 aromatic heterocycles. The molecule has 1 aliphatic rings. The van der Waals surface area contributed by atoms with Crippen LogP contribution in [-0.4, -0.2) is 60.0 Å². The smallest absolute Gasteiger partial charge is 0.254 e. The Morgan fingerprint density at radius 3 is 2.95 bits per heavy atom. The summed E-state index contributed by atoms with van der Waals surface area (Å²) in [7, 11) is 1.80. The van der Waals surface area contributed by atoms with Gasteiger partial charge >= 0.3 is 0 Å². The standard InChI is InChI=1S/C14H22N4O/c1-4-17-7-8-18(10-11(17)2)14(19)12-5-6-16-13(9-12)15-3/h5-6,9,11H,4,7-8,10H2,1-3H3,(H,15,16). The van der Waals surface area contributed by atoms with E-state index in [2.05, 4.69) is 29.0 Å². The van der Waals surface area contributed by atoms with Crippen LogP contribution in [-0.2, 0) is 0 Å². The molecule has 0 bridgehead atoms. The summed E-state index contributed by atoms with van der Waals surface area (Å²) in [6.45, 7) is 7.93. The second kappa shape index (κ2) is 6.02. The minimum absolute atomic E-state index is 0.0986. The SMILES string of the molecule is CCN1CCN(C(=O)c2ccnc(NC)c2)CC1C. The summed E-state index contributed by atoms with van der Waals surface area (Å²) in [5, 5.41) is 2.96. The molecule has 2 heterocycles. The van der Waals surface area contributed by atoms with E-state index in [4.69, 9.17) is 0 Å². The lowest BCUT2D eigenvalue weighted by Crippen LogP contribution is -2.53. The lowest BCUT2D eigenvalue weighted by atomic mass is 10.1. The zero-order chi connectivity index (χ0) is 13.8. The second-order valence-electron chi connectivity index (χ2n) is 4.91. The normalized spacial score (nSPS) is 20.4. The average molecular weight is 262 g/mol. The van der Waals surface area contributed by atoms with Gasteiger partial charge in [-0.25, -0.2) is 4.98 Å². The number of nitrogens with zero attached hydrogens (tertiary/aromatic N) is 3. The first kappa shape index (κ1) is 13.8. The highest BCUT2D eigenvalue weighted by molar-refractivity contribution is 5.94. The first-order valence-corrected chi connectivity index (χ1v) is 6.82. The number of carbonyl (C=O) groups is 1. The fourth-order valence-electron chi connectivity index (χ4n) is 2.53. The van der Waals surface area contributed by atoms with Crippen LogP contribution in [0.4, 0.5) is 5.82 Å². The molecule has 5 heteroatoms. The van der Waals surface area contributed by atoms with Gasteiger partial charge in [0.15, 0.2) is 0 Å². The number of nitrogens with one attached hydrogen (secondary N) is 1. The third-order valence-corrected chi connectivity index (χ3v) is 3.72. The first-order valence-electron chi connectivity index (χ1n) is 6.82. The van der Waals surface area contributed by atoms with Crippen molar-refractivity contribution < 1.29 is 4.79 Å². The predicted octanol–water partition coefficient (Wildman–Crippen LogP) is 1.29. The van der Waals surface area contributed by atoms with E-state index < -0.39 is 0 Å². The van der Waals surface area contributed by atoms with E-state index in [0.717, 1.165) is 32.0 Å². The van der Waals surface area contributed by atoms with E-state index >= 15 is 0 Å². The molecule has 1 amide bonds. The van der Waals surface area contributed by atoms with Crippen LogP contribution < -0.4 is 5.32 Å². The summed E-state index contributed by atoms with van der Waals surface area (Å²) in [4.78, 5) is 20.9. The Labute approximate surface area is 114 Å². The van der Waals surface area contributed by atoms with E-state index in [1.165, 1.54) is 0 Å². The summed E-state index contributed by atoms with van der Waals surface area (Å²) < 4.78 is 0.